The zero-order chi connectivity index (χ0) is 14.8. The number of ketones is 1. The topological polar surface area (TPSA) is 64.3 Å². The van der Waals surface area contributed by atoms with Crippen molar-refractivity contribution < 1.29 is 17.6 Å². The molecule has 2 rings (SSSR count). The Labute approximate surface area is 118 Å². The van der Waals surface area contributed by atoms with Crippen molar-refractivity contribution in [1.29, 1.82) is 0 Å². The highest BCUT2D eigenvalue weighted by atomic mass is 32.2. The van der Waals surface area contributed by atoms with Crippen molar-refractivity contribution in [3.05, 3.63) is 54.0 Å². The summed E-state index contributed by atoms with van der Waals surface area (Å²) in [7, 11) is -3.65. The van der Waals surface area contributed by atoms with Gasteiger partial charge in [-0.15, -0.1) is 0 Å². The second-order valence-electron chi connectivity index (χ2n) is 4.77. The lowest BCUT2D eigenvalue weighted by Gasteiger charge is -2.14. The van der Waals surface area contributed by atoms with E-state index in [9.17, 15) is 13.2 Å². The van der Waals surface area contributed by atoms with E-state index in [0.717, 1.165) is 5.56 Å². The Morgan fingerprint density at radius 1 is 1.20 bits per heavy atom. The van der Waals surface area contributed by atoms with E-state index in [-0.39, 0.29) is 17.1 Å². The number of Topliss-reactive ketones (excluding diaryl/α,β-unsaturated/α-hetero) is 1. The molecule has 0 saturated carbocycles. The van der Waals surface area contributed by atoms with Crippen LogP contribution in [0, 0.1) is 6.92 Å². The van der Waals surface area contributed by atoms with Crippen molar-refractivity contribution in [3.8, 4) is 0 Å². The Morgan fingerprint density at radius 2 is 1.85 bits per heavy atom. The zero-order valence-corrected chi connectivity index (χ0v) is 12.2. The monoisotopic (exact) mass is 292 g/mol. The van der Waals surface area contributed by atoms with Crippen LogP contribution in [0.3, 0.4) is 0 Å². The number of hydrogen-bond acceptors (Lipinski definition) is 4. The van der Waals surface area contributed by atoms with Crippen LogP contribution in [0.2, 0.25) is 0 Å². The lowest BCUT2D eigenvalue weighted by Crippen LogP contribution is -2.16. The first-order valence-electron chi connectivity index (χ1n) is 6.24. The Hall–Kier alpha value is -1.88. The van der Waals surface area contributed by atoms with Crippen molar-refractivity contribution in [1.82, 2.24) is 0 Å². The lowest BCUT2D eigenvalue weighted by molar-refractivity contribution is -0.117. The molecule has 1 aromatic carbocycles. The van der Waals surface area contributed by atoms with Gasteiger partial charge in [0.2, 0.25) is 0 Å². The van der Waals surface area contributed by atoms with Gasteiger partial charge in [0, 0.05) is 6.42 Å². The summed E-state index contributed by atoms with van der Waals surface area (Å²) >= 11 is 0. The molecular formula is C15H16O4S. The molecule has 0 N–H and O–H groups in total. The summed E-state index contributed by atoms with van der Waals surface area (Å²) in [5, 5.41) is -0.974. The van der Waals surface area contributed by atoms with Gasteiger partial charge >= 0.3 is 0 Å². The van der Waals surface area contributed by atoms with E-state index in [1.807, 2.05) is 6.92 Å². The maximum atomic E-state index is 12.7. The molecule has 4 nitrogen and oxygen atoms in total. The van der Waals surface area contributed by atoms with Crippen molar-refractivity contribution in [2.45, 2.75) is 30.4 Å². The third kappa shape index (κ3) is 2.99. The molecule has 20 heavy (non-hydrogen) atoms. The molecule has 0 radical (unpaired) electrons. The van der Waals surface area contributed by atoms with Gasteiger partial charge in [0.1, 0.15) is 16.8 Å². The van der Waals surface area contributed by atoms with E-state index < -0.39 is 15.1 Å². The number of sulfone groups is 1. The molecule has 0 unspecified atom stereocenters. The molecule has 1 aromatic heterocycles. The average Bonchev–Trinajstić information content (AvgIpc) is 2.89. The predicted molar refractivity (Wildman–Crippen MR) is 75.1 cm³/mol. The van der Waals surface area contributed by atoms with Crippen LogP contribution in [-0.2, 0) is 14.6 Å². The highest BCUT2D eigenvalue weighted by Gasteiger charge is 2.32. The summed E-state index contributed by atoms with van der Waals surface area (Å²) < 4.78 is 30.5. The number of furan rings is 1. The zero-order valence-electron chi connectivity index (χ0n) is 11.4. The fourth-order valence-electron chi connectivity index (χ4n) is 1.99. The van der Waals surface area contributed by atoms with E-state index >= 15 is 0 Å². The Bertz CT molecular complexity index is 682. The molecule has 106 valence electrons. The lowest BCUT2D eigenvalue weighted by atomic mass is 10.2. The quantitative estimate of drug-likeness (QED) is 0.849. The summed E-state index contributed by atoms with van der Waals surface area (Å²) in [6.07, 6.45) is 1.32. The van der Waals surface area contributed by atoms with Crippen LogP contribution < -0.4 is 0 Å². The van der Waals surface area contributed by atoms with Crippen LogP contribution in [0.1, 0.15) is 29.9 Å². The summed E-state index contributed by atoms with van der Waals surface area (Å²) in [6, 6.07) is 9.79. The molecule has 1 heterocycles. The second-order valence-corrected chi connectivity index (χ2v) is 6.90. The summed E-state index contributed by atoms with van der Waals surface area (Å²) in [4.78, 5) is 11.6. The molecule has 0 bridgehead atoms. The van der Waals surface area contributed by atoms with E-state index in [1.165, 1.54) is 13.2 Å². The van der Waals surface area contributed by atoms with E-state index in [4.69, 9.17) is 4.42 Å². The molecular weight excluding hydrogens is 276 g/mol. The molecule has 0 amide bonds. The van der Waals surface area contributed by atoms with Crippen molar-refractivity contribution in [2.24, 2.45) is 0 Å². The maximum Gasteiger partial charge on any atom is 0.188 e. The van der Waals surface area contributed by atoms with Crippen LogP contribution in [0.15, 0.2) is 52.0 Å². The van der Waals surface area contributed by atoms with Gasteiger partial charge in [-0.1, -0.05) is 17.7 Å². The third-order valence-electron chi connectivity index (χ3n) is 3.06. The van der Waals surface area contributed by atoms with Crippen LogP contribution in [-0.4, -0.2) is 14.2 Å². The van der Waals surface area contributed by atoms with Crippen LogP contribution in [0.25, 0.3) is 0 Å². The minimum atomic E-state index is -3.65. The van der Waals surface area contributed by atoms with Crippen LogP contribution >= 0.6 is 0 Å². The van der Waals surface area contributed by atoms with Crippen LogP contribution in [0.4, 0.5) is 0 Å². The van der Waals surface area contributed by atoms with Gasteiger partial charge in [-0.3, -0.25) is 4.79 Å². The molecule has 2 aromatic rings. The molecule has 0 spiro atoms. The van der Waals surface area contributed by atoms with Gasteiger partial charge in [0.15, 0.2) is 9.84 Å². The smallest absolute Gasteiger partial charge is 0.188 e. The first kappa shape index (κ1) is 14.5. The molecule has 0 aliphatic rings. The molecule has 1 atom stereocenters. The van der Waals surface area contributed by atoms with Gasteiger partial charge in [-0.05, 0) is 38.1 Å². The minimum Gasteiger partial charge on any atom is -0.468 e. The van der Waals surface area contributed by atoms with Crippen LogP contribution in [0.5, 0.6) is 0 Å². The summed E-state index contributed by atoms with van der Waals surface area (Å²) in [6.45, 7) is 3.26. The molecule has 0 fully saturated rings. The van der Waals surface area contributed by atoms with Gasteiger partial charge < -0.3 is 4.42 Å². The normalized spacial score (nSPS) is 13.1. The van der Waals surface area contributed by atoms with E-state index in [2.05, 4.69) is 0 Å². The fourth-order valence-corrected chi connectivity index (χ4v) is 3.73. The minimum absolute atomic E-state index is 0.0935. The summed E-state index contributed by atoms with van der Waals surface area (Å²) in [5.41, 5.74) is 0.977. The number of rotatable bonds is 5. The van der Waals surface area contributed by atoms with E-state index in [1.54, 1.807) is 36.4 Å². The van der Waals surface area contributed by atoms with Crippen molar-refractivity contribution in [3.63, 3.8) is 0 Å². The largest absolute Gasteiger partial charge is 0.468 e. The third-order valence-corrected chi connectivity index (χ3v) is 5.13. The number of benzene rings is 1. The van der Waals surface area contributed by atoms with E-state index in [0.29, 0.717) is 5.76 Å². The Balaban J connectivity index is 2.46. The number of aryl methyl sites for hydroxylation is 1. The molecule has 5 heteroatoms. The van der Waals surface area contributed by atoms with Crippen molar-refractivity contribution >= 4 is 15.6 Å². The molecule has 0 aliphatic carbocycles. The van der Waals surface area contributed by atoms with Gasteiger partial charge in [-0.25, -0.2) is 8.42 Å². The molecule has 0 aliphatic heterocycles. The first-order valence-corrected chi connectivity index (χ1v) is 7.79. The fraction of sp³-hybridized carbons (Fsp3) is 0.267. The average molecular weight is 292 g/mol. The standard InChI is InChI=1S/C15H16O4S/c1-11-5-7-13(8-6-11)20(17,18)15(10-12(2)16)14-4-3-9-19-14/h3-9,15H,10H2,1-2H3/t15-/m1/s1. The Kier molecular flexibility index (Phi) is 4.09. The van der Waals surface area contributed by atoms with Gasteiger partial charge in [0.25, 0.3) is 0 Å². The summed E-state index contributed by atoms with van der Waals surface area (Å²) in [5.74, 6) is 0.0999. The molecule has 0 saturated heterocycles. The number of carbonyl (C=O) groups excluding carboxylic acids is 1. The van der Waals surface area contributed by atoms with Gasteiger partial charge in [-0.2, -0.15) is 0 Å². The first-order chi connectivity index (χ1) is 9.41. The predicted octanol–water partition coefficient (Wildman–Crippen LogP) is 3.08. The Morgan fingerprint density at radius 3 is 2.35 bits per heavy atom. The second kappa shape index (κ2) is 5.63. The maximum absolute atomic E-state index is 12.7. The highest BCUT2D eigenvalue weighted by Crippen LogP contribution is 2.32. The van der Waals surface area contributed by atoms with Crippen molar-refractivity contribution in [2.75, 3.05) is 0 Å². The number of hydrogen-bond donors (Lipinski definition) is 0. The number of carbonyl (C=O) groups is 1. The van der Waals surface area contributed by atoms with Gasteiger partial charge in [0.05, 0.1) is 11.2 Å². The highest BCUT2D eigenvalue weighted by molar-refractivity contribution is 7.91. The SMILES string of the molecule is CC(=O)C[C@H](c1ccco1)S(=O)(=O)c1ccc(C)cc1.